The first-order valence-electron chi connectivity index (χ1n) is 15.2. The molecule has 0 aliphatic carbocycles. The molecule has 0 aliphatic heterocycles. The normalized spacial score (nSPS) is 10.6. The Labute approximate surface area is 268 Å². The first-order chi connectivity index (χ1) is 21.6. The molecule has 0 radical (unpaired) electrons. The molecule has 5 aromatic carbocycles. The summed E-state index contributed by atoms with van der Waals surface area (Å²) >= 11 is 5.30. The molecule has 5 aromatic rings. The highest BCUT2D eigenvalue weighted by Gasteiger charge is 2.44. The van der Waals surface area contributed by atoms with E-state index in [1.807, 2.05) is 62.4 Å². The van der Waals surface area contributed by atoms with Gasteiger partial charge >= 0.3 is 0 Å². The van der Waals surface area contributed by atoms with Crippen molar-refractivity contribution in [1.82, 2.24) is 0 Å². The van der Waals surface area contributed by atoms with Gasteiger partial charge in [-0.2, -0.15) is 0 Å². The summed E-state index contributed by atoms with van der Waals surface area (Å²) in [4.78, 5) is 0. The summed E-state index contributed by atoms with van der Waals surface area (Å²) < 4.78 is 10.8. The van der Waals surface area contributed by atoms with Crippen molar-refractivity contribution in [2.45, 2.75) is 27.2 Å². The number of hydrogen-bond donors (Lipinski definition) is 2. The average Bonchev–Trinajstić information content (AvgIpc) is 3.07. The van der Waals surface area contributed by atoms with Crippen molar-refractivity contribution >= 4 is 51.9 Å². The molecule has 4 nitrogen and oxygen atoms in total. The van der Waals surface area contributed by atoms with Gasteiger partial charge in [-0.05, 0) is 117 Å². The van der Waals surface area contributed by atoms with Crippen molar-refractivity contribution in [3.63, 3.8) is 0 Å². The summed E-state index contributed by atoms with van der Waals surface area (Å²) in [6, 6.07) is 48.6. The summed E-state index contributed by atoms with van der Waals surface area (Å²) in [5, 5.41) is 11.2. The third-order valence-electron chi connectivity index (χ3n) is 7.00. The van der Waals surface area contributed by atoms with Crippen molar-refractivity contribution in [3.05, 3.63) is 140 Å². The monoisotopic (exact) mass is 621 g/mol. The van der Waals surface area contributed by atoms with Gasteiger partial charge in [0.05, 0.1) is 19.4 Å². The highest BCUT2D eigenvalue weighted by molar-refractivity contribution is 7.95. The molecular formula is C38H42N2O2PS+. The maximum atomic E-state index is 5.40. The Morgan fingerprint density at radius 2 is 0.864 bits per heavy atom. The molecule has 0 aliphatic rings. The Bertz CT molecular complexity index is 1380. The second-order valence-corrected chi connectivity index (χ2v) is 14.1. The van der Waals surface area contributed by atoms with E-state index in [0.29, 0.717) is 18.3 Å². The minimum atomic E-state index is -1.55. The first kappa shape index (κ1) is 32.7. The predicted molar refractivity (Wildman–Crippen MR) is 195 cm³/mol. The zero-order valence-corrected chi connectivity index (χ0v) is 27.5. The lowest BCUT2D eigenvalue weighted by Crippen LogP contribution is -2.33. The van der Waals surface area contributed by atoms with Gasteiger partial charge in [0.25, 0.3) is 0 Å². The van der Waals surface area contributed by atoms with Gasteiger partial charge in [-0.15, -0.1) is 0 Å². The average molecular weight is 622 g/mol. The van der Waals surface area contributed by atoms with E-state index in [2.05, 4.69) is 109 Å². The van der Waals surface area contributed by atoms with Crippen LogP contribution in [0.1, 0.15) is 27.2 Å². The second kappa shape index (κ2) is 17.2. The van der Waals surface area contributed by atoms with Gasteiger partial charge in [0.2, 0.25) is 0 Å². The number of hydrogen-bond acceptors (Lipinski definition) is 3. The van der Waals surface area contributed by atoms with Crippen molar-refractivity contribution in [2.75, 3.05) is 30.0 Å². The topological polar surface area (TPSA) is 42.5 Å². The second-order valence-electron chi connectivity index (χ2n) is 10.0. The number of ether oxygens (including phenoxy) is 2. The van der Waals surface area contributed by atoms with Crippen molar-refractivity contribution in [3.8, 4) is 11.5 Å². The van der Waals surface area contributed by atoms with Crippen LogP contribution in [0.4, 0.5) is 11.4 Å². The molecule has 0 saturated heterocycles. The molecule has 0 atom stereocenters. The lowest BCUT2D eigenvalue weighted by molar-refractivity contribution is 0.340. The molecule has 0 saturated carbocycles. The van der Waals surface area contributed by atoms with E-state index in [0.717, 1.165) is 22.9 Å². The number of rotatable bonds is 11. The van der Waals surface area contributed by atoms with Crippen LogP contribution in [0.2, 0.25) is 0 Å². The van der Waals surface area contributed by atoms with Crippen LogP contribution in [0, 0.1) is 0 Å². The maximum Gasteiger partial charge on any atom is 0.175 e. The SMILES string of the molecule is CCC[P+](c1ccccc1)(c1ccccc1)c1ccccc1.CCOc1ccc(NC(=S)Nc2ccc(OCC)cc2)cc1. The summed E-state index contributed by atoms with van der Waals surface area (Å²) in [5.41, 5.74) is 1.82. The van der Waals surface area contributed by atoms with Gasteiger partial charge in [-0.3, -0.25) is 0 Å². The molecule has 226 valence electrons. The Hall–Kier alpha value is -4.18. The Kier molecular flexibility index (Phi) is 12.8. The molecule has 0 unspecified atom stereocenters. The van der Waals surface area contributed by atoms with Gasteiger partial charge in [0.15, 0.2) is 5.11 Å². The third kappa shape index (κ3) is 8.92. The van der Waals surface area contributed by atoms with Gasteiger partial charge in [0, 0.05) is 11.4 Å². The molecule has 0 bridgehead atoms. The molecule has 6 heteroatoms. The van der Waals surface area contributed by atoms with Crippen LogP contribution >= 0.6 is 19.5 Å². The van der Waals surface area contributed by atoms with Gasteiger partial charge < -0.3 is 20.1 Å². The Morgan fingerprint density at radius 3 is 1.16 bits per heavy atom. The van der Waals surface area contributed by atoms with E-state index < -0.39 is 7.26 Å². The summed E-state index contributed by atoms with van der Waals surface area (Å²) in [5.74, 6) is 1.69. The lowest BCUT2D eigenvalue weighted by atomic mass is 10.3. The van der Waals surface area contributed by atoms with E-state index in [1.54, 1.807) is 0 Å². The fraction of sp³-hybridized carbons (Fsp3) is 0.184. The summed E-state index contributed by atoms with van der Waals surface area (Å²) in [6.07, 6.45) is 2.40. The largest absolute Gasteiger partial charge is 0.494 e. The minimum absolute atomic E-state index is 0.535. The maximum absolute atomic E-state index is 5.40. The van der Waals surface area contributed by atoms with Gasteiger partial charge in [-0.25, -0.2) is 0 Å². The number of benzene rings is 5. The zero-order valence-electron chi connectivity index (χ0n) is 25.8. The molecule has 0 heterocycles. The van der Waals surface area contributed by atoms with Crippen LogP contribution in [0.3, 0.4) is 0 Å². The fourth-order valence-electron chi connectivity index (χ4n) is 5.11. The van der Waals surface area contributed by atoms with E-state index in [9.17, 15) is 0 Å². The number of nitrogens with one attached hydrogen (secondary N) is 2. The standard InChI is InChI=1S/C21H22P.C17H20N2O2S/c1-2-18-22(19-12-6-3-7-13-19,20-14-8-4-9-15-20)21-16-10-5-11-17-21;1-3-20-15-9-5-13(6-10-15)18-17(22)19-14-7-11-16(12-8-14)21-4-2/h3-17H,2,18H2,1H3;5-12H,3-4H2,1-2H3,(H2,18,19,22)/q+1;. The number of anilines is 2. The first-order valence-corrected chi connectivity index (χ1v) is 17.6. The van der Waals surface area contributed by atoms with Crippen LogP contribution < -0.4 is 36.0 Å². The molecule has 0 spiro atoms. The van der Waals surface area contributed by atoms with Gasteiger partial charge in [0.1, 0.15) is 34.7 Å². The summed E-state index contributed by atoms with van der Waals surface area (Å²) in [7, 11) is -1.55. The Balaban J connectivity index is 0.000000201. The Morgan fingerprint density at radius 1 is 0.523 bits per heavy atom. The molecule has 0 amide bonds. The van der Waals surface area contributed by atoms with Crippen molar-refractivity contribution in [2.24, 2.45) is 0 Å². The van der Waals surface area contributed by atoms with Gasteiger partial charge in [-0.1, -0.05) is 61.5 Å². The van der Waals surface area contributed by atoms with Crippen LogP contribution in [-0.4, -0.2) is 24.5 Å². The predicted octanol–water partition coefficient (Wildman–Crippen LogP) is 8.68. The third-order valence-corrected chi connectivity index (χ3v) is 11.9. The van der Waals surface area contributed by atoms with E-state index in [-0.39, 0.29) is 0 Å². The molecule has 44 heavy (non-hydrogen) atoms. The molecule has 0 aromatic heterocycles. The number of thiocarbonyl (C=S) groups is 1. The lowest BCUT2D eigenvalue weighted by Gasteiger charge is -2.27. The molecule has 5 rings (SSSR count). The van der Waals surface area contributed by atoms with E-state index in [4.69, 9.17) is 21.7 Å². The van der Waals surface area contributed by atoms with Crippen molar-refractivity contribution < 1.29 is 9.47 Å². The van der Waals surface area contributed by atoms with E-state index in [1.165, 1.54) is 28.5 Å². The summed E-state index contributed by atoms with van der Waals surface area (Å²) in [6.45, 7) is 7.53. The highest BCUT2D eigenvalue weighted by atomic mass is 32.1. The van der Waals surface area contributed by atoms with E-state index >= 15 is 0 Å². The zero-order chi connectivity index (χ0) is 31.0. The smallest absolute Gasteiger partial charge is 0.175 e. The fourth-order valence-corrected chi connectivity index (χ4v) is 9.73. The van der Waals surface area contributed by atoms with Crippen LogP contribution in [0.15, 0.2) is 140 Å². The highest BCUT2D eigenvalue weighted by Crippen LogP contribution is 2.55. The quantitative estimate of drug-likeness (QED) is 0.114. The molecule has 2 N–H and O–H groups in total. The van der Waals surface area contributed by atoms with Crippen molar-refractivity contribution in [1.29, 1.82) is 0 Å². The minimum Gasteiger partial charge on any atom is -0.494 e. The van der Waals surface area contributed by atoms with Crippen LogP contribution in [-0.2, 0) is 0 Å². The van der Waals surface area contributed by atoms with Crippen LogP contribution in [0.25, 0.3) is 0 Å². The van der Waals surface area contributed by atoms with Crippen LogP contribution in [0.5, 0.6) is 11.5 Å². The molecular weight excluding hydrogens is 579 g/mol. The molecule has 0 fully saturated rings.